The second kappa shape index (κ2) is 6.52. The molecule has 0 aliphatic carbocycles. The summed E-state index contributed by atoms with van der Waals surface area (Å²) in [5, 5.41) is 3.07. The van der Waals surface area contributed by atoms with E-state index in [1.165, 1.54) is 12.5 Å². The Kier molecular flexibility index (Phi) is 4.48. The van der Waals surface area contributed by atoms with E-state index in [4.69, 9.17) is 0 Å². The van der Waals surface area contributed by atoms with Crippen molar-refractivity contribution >= 4 is 16.5 Å². The molecule has 3 rings (SSSR count). The summed E-state index contributed by atoms with van der Waals surface area (Å²) >= 11 is 1.66. The number of rotatable bonds is 4. The van der Waals surface area contributed by atoms with Crippen LogP contribution in [0.3, 0.4) is 0 Å². The summed E-state index contributed by atoms with van der Waals surface area (Å²) in [7, 11) is 0. The van der Waals surface area contributed by atoms with Crippen LogP contribution in [0.25, 0.3) is 0 Å². The largest absolute Gasteiger partial charge is 0.348 e. The third-order valence-corrected chi connectivity index (χ3v) is 4.88. The van der Waals surface area contributed by atoms with E-state index in [-0.39, 0.29) is 0 Å². The Bertz CT molecular complexity index is 586. The second-order valence-corrected chi connectivity index (χ2v) is 6.42. The number of halogens is 2. The average Bonchev–Trinajstić information content (AvgIpc) is 3.01. The van der Waals surface area contributed by atoms with Crippen molar-refractivity contribution in [3.8, 4) is 0 Å². The number of anilines is 1. The zero-order valence-corrected chi connectivity index (χ0v) is 12.6. The summed E-state index contributed by atoms with van der Waals surface area (Å²) in [6.07, 6.45) is 5.76. The van der Waals surface area contributed by atoms with Crippen molar-refractivity contribution in [2.75, 3.05) is 18.0 Å². The zero-order valence-electron chi connectivity index (χ0n) is 11.8. The molecule has 0 unspecified atom stereocenters. The van der Waals surface area contributed by atoms with Gasteiger partial charge < -0.3 is 4.90 Å². The summed E-state index contributed by atoms with van der Waals surface area (Å²) in [5.74, 6) is -0.390. The fourth-order valence-electron chi connectivity index (χ4n) is 2.93. The molecule has 5 heteroatoms. The maximum absolute atomic E-state index is 13.6. The molecule has 21 heavy (non-hydrogen) atoms. The van der Waals surface area contributed by atoms with E-state index in [1.807, 2.05) is 11.6 Å². The van der Waals surface area contributed by atoms with Crippen molar-refractivity contribution in [1.29, 1.82) is 0 Å². The summed E-state index contributed by atoms with van der Waals surface area (Å²) < 4.78 is 26.5. The van der Waals surface area contributed by atoms with Crippen LogP contribution >= 0.6 is 11.3 Å². The number of thiazole rings is 1. The molecule has 112 valence electrons. The van der Waals surface area contributed by atoms with Crippen molar-refractivity contribution in [3.05, 3.63) is 47.0 Å². The predicted octanol–water partition coefficient (Wildman–Crippen LogP) is 4.27. The Labute approximate surface area is 127 Å². The first-order valence-corrected chi connectivity index (χ1v) is 8.18. The first kappa shape index (κ1) is 14.4. The highest BCUT2D eigenvalue weighted by atomic mass is 32.1. The summed E-state index contributed by atoms with van der Waals surface area (Å²) in [5.41, 5.74) is 0.614. The molecular weight excluding hydrogens is 290 g/mol. The van der Waals surface area contributed by atoms with Gasteiger partial charge >= 0.3 is 0 Å². The van der Waals surface area contributed by atoms with Gasteiger partial charge in [0.15, 0.2) is 5.13 Å². The van der Waals surface area contributed by atoms with Crippen LogP contribution in [0, 0.1) is 17.6 Å². The molecule has 1 fully saturated rings. The molecule has 2 nitrogen and oxygen atoms in total. The lowest BCUT2D eigenvalue weighted by Gasteiger charge is -2.32. The monoisotopic (exact) mass is 308 g/mol. The molecular formula is C16H18F2N2S. The van der Waals surface area contributed by atoms with E-state index >= 15 is 0 Å². The molecule has 1 aliphatic rings. The molecule has 0 N–H and O–H groups in total. The number of aryl methyl sites for hydroxylation is 1. The van der Waals surface area contributed by atoms with Gasteiger partial charge in [-0.05, 0) is 43.2 Å². The van der Waals surface area contributed by atoms with E-state index in [1.54, 1.807) is 17.4 Å². The molecule has 0 radical (unpaired) electrons. The molecule has 0 spiro atoms. The van der Waals surface area contributed by atoms with Gasteiger partial charge in [-0.25, -0.2) is 13.8 Å². The van der Waals surface area contributed by atoms with Gasteiger partial charge in [0.1, 0.15) is 11.6 Å². The number of hydrogen-bond donors (Lipinski definition) is 0. The number of hydrogen-bond acceptors (Lipinski definition) is 3. The topological polar surface area (TPSA) is 16.1 Å². The van der Waals surface area contributed by atoms with E-state index in [2.05, 4.69) is 9.88 Å². The Morgan fingerprint density at radius 2 is 2.24 bits per heavy atom. The van der Waals surface area contributed by atoms with Crippen LogP contribution in [-0.4, -0.2) is 18.1 Å². The fourth-order valence-corrected chi connectivity index (χ4v) is 3.61. The van der Waals surface area contributed by atoms with E-state index in [0.717, 1.165) is 37.1 Å². The minimum atomic E-state index is -0.510. The van der Waals surface area contributed by atoms with Crippen LogP contribution in [0.1, 0.15) is 24.8 Å². The molecule has 1 saturated heterocycles. The Morgan fingerprint density at radius 1 is 1.33 bits per heavy atom. The molecule has 0 bridgehead atoms. The van der Waals surface area contributed by atoms with Crippen molar-refractivity contribution in [2.24, 2.45) is 5.92 Å². The first-order chi connectivity index (χ1) is 10.2. The highest BCUT2D eigenvalue weighted by Gasteiger charge is 2.21. The third-order valence-electron chi connectivity index (χ3n) is 4.05. The SMILES string of the molecule is Fc1ccc(CC[C@H]2CCCN(c3nccs3)C2)c(F)c1. The standard InChI is InChI=1S/C16H18F2N2S/c17-14-6-5-13(15(18)10-14)4-3-12-2-1-8-20(11-12)16-19-7-9-21-16/h5-7,9-10,12H,1-4,8,11H2/t12-/m1/s1. The van der Waals surface area contributed by atoms with Crippen LogP contribution in [0.5, 0.6) is 0 Å². The zero-order chi connectivity index (χ0) is 14.7. The van der Waals surface area contributed by atoms with Crippen molar-refractivity contribution in [1.82, 2.24) is 4.98 Å². The quantitative estimate of drug-likeness (QED) is 0.838. The highest BCUT2D eigenvalue weighted by Crippen LogP contribution is 2.27. The van der Waals surface area contributed by atoms with Gasteiger partial charge in [0, 0.05) is 30.7 Å². The van der Waals surface area contributed by atoms with E-state index < -0.39 is 11.6 Å². The summed E-state index contributed by atoms with van der Waals surface area (Å²) in [6.45, 7) is 2.03. The molecule has 0 saturated carbocycles. The lowest BCUT2D eigenvalue weighted by atomic mass is 9.92. The van der Waals surface area contributed by atoms with Gasteiger partial charge in [0.25, 0.3) is 0 Å². The lowest BCUT2D eigenvalue weighted by molar-refractivity contribution is 0.389. The van der Waals surface area contributed by atoms with Crippen LogP contribution in [0.2, 0.25) is 0 Å². The predicted molar refractivity (Wildman–Crippen MR) is 81.7 cm³/mol. The highest BCUT2D eigenvalue weighted by molar-refractivity contribution is 7.13. The van der Waals surface area contributed by atoms with E-state index in [0.29, 0.717) is 17.9 Å². The Balaban J connectivity index is 1.57. The van der Waals surface area contributed by atoms with Crippen LogP contribution in [0.15, 0.2) is 29.8 Å². The maximum Gasteiger partial charge on any atom is 0.185 e. The Morgan fingerprint density at radius 3 is 3.00 bits per heavy atom. The fraction of sp³-hybridized carbons (Fsp3) is 0.438. The maximum atomic E-state index is 13.6. The third kappa shape index (κ3) is 3.59. The smallest absolute Gasteiger partial charge is 0.185 e. The van der Waals surface area contributed by atoms with Crippen molar-refractivity contribution in [2.45, 2.75) is 25.7 Å². The molecule has 0 amide bonds. The van der Waals surface area contributed by atoms with Gasteiger partial charge in [-0.3, -0.25) is 0 Å². The number of benzene rings is 1. The van der Waals surface area contributed by atoms with Crippen LogP contribution in [-0.2, 0) is 6.42 Å². The van der Waals surface area contributed by atoms with Gasteiger partial charge in [0.05, 0.1) is 0 Å². The minimum absolute atomic E-state index is 0.428. The number of nitrogens with zero attached hydrogens (tertiary/aromatic N) is 2. The molecule has 1 atom stereocenters. The molecule has 1 aromatic heterocycles. The average molecular weight is 308 g/mol. The molecule has 1 aromatic carbocycles. The van der Waals surface area contributed by atoms with Crippen LogP contribution in [0.4, 0.5) is 13.9 Å². The van der Waals surface area contributed by atoms with Crippen molar-refractivity contribution in [3.63, 3.8) is 0 Å². The van der Waals surface area contributed by atoms with Crippen molar-refractivity contribution < 1.29 is 8.78 Å². The lowest BCUT2D eigenvalue weighted by Crippen LogP contribution is -2.35. The molecule has 2 aromatic rings. The molecule has 2 heterocycles. The number of piperidine rings is 1. The van der Waals surface area contributed by atoms with E-state index in [9.17, 15) is 8.78 Å². The normalized spacial score (nSPS) is 19.0. The van der Waals surface area contributed by atoms with Gasteiger partial charge in [-0.2, -0.15) is 0 Å². The summed E-state index contributed by atoms with van der Waals surface area (Å²) in [6, 6.07) is 3.87. The second-order valence-electron chi connectivity index (χ2n) is 5.54. The summed E-state index contributed by atoms with van der Waals surface area (Å²) in [4.78, 5) is 6.68. The minimum Gasteiger partial charge on any atom is -0.348 e. The van der Waals surface area contributed by atoms with Crippen LogP contribution < -0.4 is 4.90 Å². The Hall–Kier alpha value is -1.49. The number of aromatic nitrogens is 1. The molecule has 1 aliphatic heterocycles. The first-order valence-electron chi connectivity index (χ1n) is 7.31. The van der Waals surface area contributed by atoms with Gasteiger partial charge in [-0.15, -0.1) is 11.3 Å². The van der Waals surface area contributed by atoms with Gasteiger partial charge in [0.2, 0.25) is 0 Å². The van der Waals surface area contributed by atoms with Gasteiger partial charge in [-0.1, -0.05) is 6.07 Å².